The lowest BCUT2D eigenvalue weighted by molar-refractivity contribution is 0.252. The zero-order valence-electron chi connectivity index (χ0n) is 23.6. The fourth-order valence-corrected chi connectivity index (χ4v) is 4.83. The van der Waals surface area contributed by atoms with E-state index in [0.717, 1.165) is 6.42 Å². The summed E-state index contributed by atoms with van der Waals surface area (Å²) in [4.78, 5) is 11.8. The predicted octanol–water partition coefficient (Wildman–Crippen LogP) is 10.5. The molecule has 36 heavy (non-hydrogen) atoms. The third-order valence-electron chi connectivity index (χ3n) is 7.19. The molecule has 4 nitrogen and oxygen atoms in total. The number of hydrogen-bond donors (Lipinski definition) is 3. The summed E-state index contributed by atoms with van der Waals surface area (Å²) in [5.74, 6) is 0.200. The van der Waals surface area contributed by atoms with Gasteiger partial charge in [0.05, 0.1) is 0 Å². The number of phenolic OH excluding ortho intramolecular Hbond substituents is 1. The van der Waals surface area contributed by atoms with Crippen molar-refractivity contribution in [3.05, 3.63) is 24.3 Å². The van der Waals surface area contributed by atoms with Crippen molar-refractivity contribution in [2.45, 2.75) is 155 Å². The summed E-state index contributed by atoms with van der Waals surface area (Å²) in [6.07, 6.45) is 32.0. The molecule has 1 aromatic carbocycles. The molecule has 0 saturated carbocycles. The Morgan fingerprint density at radius 3 is 1.25 bits per heavy atom. The summed E-state index contributed by atoms with van der Waals surface area (Å²) < 4.78 is 0. The summed E-state index contributed by atoms with van der Waals surface area (Å²) in [5.41, 5.74) is 0.689. The zero-order valence-corrected chi connectivity index (χ0v) is 23.6. The van der Waals surface area contributed by atoms with Gasteiger partial charge in [0.1, 0.15) is 5.75 Å². The number of carbonyl (C=O) groups is 1. The largest absolute Gasteiger partial charge is 0.508 e. The van der Waals surface area contributed by atoms with Crippen LogP contribution in [0.15, 0.2) is 24.3 Å². The quantitative estimate of drug-likeness (QED) is 0.0919. The molecule has 0 aliphatic rings. The van der Waals surface area contributed by atoms with Crippen LogP contribution < -0.4 is 10.6 Å². The van der Waals surface area contributed by atoms with Crippen LogP contribution >= 0.6 is 0 Å². The van der Waals surface area contributed by atoms with Gasteiger partial charge in [0.15, 0.2) is 0 Å². The third-order valence-corrected chi connectivity index (χ3v) is 7.19. The van der Waals surface area contributed by atoms with E-state index >= 15 is 0 Å². The summed E-state index contributed by atoms with van der Waals surface area (Å²) in [7, 11) is 0. The van der Waals surface area contributed by atoms with E-state index in [1.165, 1.54) is 141 Å². The number of nitrogens with one attached hydrogen (secondary N) is 2. The van der Waals surface area contributed by atoms with Gasteiger partial charge in [0.2, 0.25) is 0 Å². The first-order chi connectivity index (χ1) is 17.7. The predicted molar refractivity (Wildman–Crippen MR) is 157 cm³/mol. The van der Waals surface area contributed by atoms with E-state index in [9.17, 15) is 9.90 Å². The molecule has 0 atom stereocenters. The minimum absolute atomic E-state index is 0.181. The van der Waals surface area contributed by atoms with Gasteiger partial charge < -0.3 is 15.7 Å². The molecule has 4 heteroatoms. The molecule has 0 aliphatic carbocycles. The lowest BCUT2D eigenvalue weighted by atomic mass is 10.0. The van der Waals surface area contributed by atoms with Gasteiger partial charge in [-0.1, -0.05) is 148 Å². The second kappa shape index (κ2) is 25.0. The molecule has 0 saturated heterocycles. The van der Waals surface area contributed by atoms with Crippen LogP contribution in [0.25, 0.3) is 0 Å². The number of carbonyl (C=O) groups excluding carboxylic acids is 1. The lowest BCUT2D eigenvalue weighted by Crippen LogP contribution is -2.29. The fraction of sp³-hybridized carbons (Fsp3) is 0.781. The highest BCUT2D eigenvalue weighted by Crippen LogP contribution is 2.16. The average molecular weight is 503 g/mol. The Kier molecular flexibility index (Phi) is 22.4. The number of phenols is 1. The van der Waals surface area contributed by atoms with Gasteiger partial charge in [-0.15, -0.1) is 0 Å². The van der Waals surface area contributed by atoms with E-state index in [4.69, 9.17) is 0 Å². The molecule has 0 aliphatic heterocycles. The number of anilines is 1. The van der Waals surface area contributed by atoms with Crippen molar-refractivity contribution < 1.29 is 9.90 Å². The van der Waals surface area contributed by atoms with E-state index in [-0.39, 0.29) is 11.8 Å². The van der Waals surface area contributed by atoms with Gasteiger partial charge >= 0.3 is 6.03 Å². The molecule has 3 N–H and O–H groups in total. The number of urea groups is 1. The van der Waals surface area contributed by atoms with Crippen LogP contribution in [0.4, 0.5) is 10.5 Å². The van der Waals surface area contributed by atoms with Gasteiger partial charge in [-0.25, -0.2) is 4.79 Å². The molecule has 2 amide bonds. The number of aromatic hydroxyl groups is 1. The second-order valence-corrected chi connectivity index (χ2v) is 10.7. The van der Waals surface area contributed by atoms with Gasteiger partial charge in [0, 0.05) is 12.2 Å². The normalized spacial score (nSPS) is 11.0. The third kappa shape index (κ3) is 21.6. The Morgan fingerprint density at radius 2 is 0.889 bits per heavy atom. The van der Waals surface area contributed by atoms with Crippen molar-refractivity contribution in [2.75, 3.05) is 11.9 Å². The monoisotopic (exact) mass is 502 g/mol. The maximum Gasteiger partial charge on any atom is 0.319 e. The summed E-state index contributed by atoms with van der Waals surface area (Å²) in [6.45, 7) is 3.00. The van der Waals surface area contributed by atoms with E-state index in [1.54, 1.807) is 24.3 Å². The molecule has 1 aromatic rings. The maximum atomic E-state index is 11.8. The molecular weight excluding hydrogens is 444 g/mol. The van der Waals surface area contributed by atoms with Gasteiger partial charge in [-0.2, -0.15) is 0 Å². The highest BCUT2D eigenvalue weighted by Gasteiger charge is 2.01. The standard InChI is InChI=1S/C32H58N2O2/c1-2-3-4-5-6-7-8-9-10-11-12-13-14-15-16-17-18-19-20-21-22-23-24-29-33-32(36)34-30-25-27-31(35)28-26-30/h25-28,35H,2-24,29H2,1H3,(H2,33,34,36). The van der Waals surface area contributed by atoms with Gasteiger partial charge in [-0.3, -0.25) is 0 Å². The van der Waals surface area contributed by atoms with E-state index in [1.807, 2.05) is 0 Å². The molecule has 0 fully saturated rings. The SMILES string of the molecule is CCCCCCCCCCCCCCCCCCCCCCCCCNC(=O)Nc1ccc(O)cc1. The van der Waals surface area contributed by atoms with Crippen LogP contribution in [0, 0.1) is 0 Å². The molecule has 208 valence electrons. The molecule has 0 radical (unpaired) electrons. The number of hydrogen-bond acceptors (Lipinski definition) is 2. The minimum atomic E-state index is -0.181. The van der Waals surface area contributed by atoms with Crippen molar-refractivity contribution in [1.82, 2.24) is 5.32 Å². The minimum Gasteiger partial charge on any atom is -0.508 e. The maximum absolute atomic E-state index is 11.8. The van der Waals surface area contributed by atoms with E-state index in [2.05, 4.69) is 17.6 Å². The number of rotatable bonds is 25. The number of benzene rings is 1. The summed E-state index contributed by atoms with van der Waals surface area (Å²) in [5, 5.41) is 14.9. The first-order valence-corrected chi connectivity index (χ1v) is 15.6. The Labute approximate surface area is 223 Å². The van der Waals surface area contributed by atoms with Crippen molar-refractivity contribution in [3.63, 3.8) is 0 Å². The first kappa shape index (κ1) is 32.3. The molecule has 0 aromatic heterocycles. The average Bonchev–Trinajstić information content (AvgIpc) is 2.88. The second-order valence-electron chi connectivity index (χ2n) is 10.7. The van der Waals surface area contributed by atoms with E-state index in [0.29, 0.717) is 12.2 Å². The van der Waals surface area contributed by atoms with Crippen molar-refractivity contribution in [3.8, 4) is 5.75 Å². The van der Waals surface area contributed by atoms with Crippen LogP contribution in [0.1, 0.15) is 155 Å². The number of unbranched alkanes of at least 4 members (excludes halogenated alkanes) is 22. The van der Waals surface area contributed by atoms with Crippen molar-refractivity contribution >= 4 is 11.7 Å². The van der Waals surface area contributed by atoms with Crippen LogP contribution in [-0.2, 0) is 0 Å². The molecule has 0 spiro atoms. The Hall–Kier alpha value is -1.71. The smallest absolute Gasteiger partial charge is 0.319 e. The summed E-state index contributed by atoms with van der Waals surface area (Å²) in [6, 6.07) is 6.33. The van der Waals surface area contributed by atoms with Crippen LogP contribution in [-0.4, -0.2) is 17.7 Å². The Balaban J connectivity index is 1.70. The van der Waals surface area contributed by atoms with Gasteiger partial charge in [0.25, 0.3) is 0 Å². The first-order valence-electron chi connectivity index (χ1n) is 15.6. The van der Waals surface area contributed by atoms with Crippen molar-refractivity contribution in [1.29, 1.82) is 0 Å². The van der Waals surface area contributed by atoms with Gasteiger partial charge in [-0.05, 0) is 30.7 Å². The lowest BCUT2D eigenvalue weighted by Gasteiger charge is -2.07. The molecule has 1 rings (SSSR count). The zero-order chi connectivity index (χ0) is 25.9. The van der Waals surface area contributed by atoms with E-state index < -0.39 is 0 Å². The molecule has 0 heterocycles. The summed E-state index contributed by atoms with van der Waals surface area (Å²) >= 11 is 0. The molecular formula is C32H58N2O2. The van der Waals surface area contributed by atoms with Crippen LogP contribution in [0.2, 0.25) is 0 Å². The molecule has 0 unspecified atom stereocenters. The fourth-order valence-electron chi connectivity index (χ4n) is 4.83. The number of amides is 2. The van der Waals surface area contributed by atoms with Crippen LogP contribution in [0.5, 0.6) is 5.75 Å². The molecule has 0 bridgehead atoms. The topological polar surface area (TPSA) is 61.4 Å². The van der Waals surface area contributed by atoms with Crippen molar-refractivity contribution in [2.24, 2.45) is 0 Å². The van der Waals surface area contributed by atoms with Crippen LogP contribution in [0.3, 0.4) is 0 Å². The Morgan fingerprint density at radius 1 is 0.556 bits per heavy atom. The Bertz CT molecular complexity index is 603. The highest BCUT2D eigenvalue weighted by atomic mass is 16.3. The highest BCUT2D eigenvalue weighted by molar-refractivity contribution is 5.89.